The normalized spacial score (nSPS) is 28.6. The summed E-state index contributed by atoms with van der Waals surface area (Å²) < 4.78 is 26.8. The van der Waals surface area contributed by atoms with Crippen molar-refractivity contribution < 1.29 is 13.2 Å². The highest BCUT2D eigenvalue weighted by atomic mass is 32.2. The first kappa shape index (κ1) is 16.7. The molecular weight excluding hydrogens is 288 g/mol. The number of nitrogens with zero attached hydrogens (tertiary/aromatic N) is 2. The maximum absolute atomic E-state index is 12.6. The third kappa shape index (κ3) is 4.19. The molecule has 0 aromatic rings. The van der Waals surface area contributed by atoms with Crippen molar-refractivity contribution in [3.8, 4) is 0 Å². The number of carbonyl (C=O) groups excluding carboxylic acids is 1. The fourth-order valence-electron chi connectivity index (χ4n) is 3.49. The lowest BCUT2D eigenvalue weighted by Gasteiger charge is -2.24. The molecule has 122 valence electrons. The van der Waals surface area contributed by atoms with Gasteiger partial charge in [-0.1, -0.05) is 26.7 Å². The summed E-state index contributed by atoms with van der Waals surface area (Å²) in [5.74, 6) is 1.24. The molecule has 0 N–H and O–H groups in total. The zero-order valence-electron chi connectivity index (χ0n) is 13.3. The van der Waals surface area contributed by atoms with E-state index in [4.69, 9.17) is 0 Å². The van der Waals surface area contributed by atoms with Gasteiger partial charge in [-0.05, 0) is 24.7 Å². The number of hydrogen-bond acceptors (Lipinski definition) is 3. The van der Waals surface area contributed by atoms with Crippen molar-refractivity contribution in [3.05, 3.63) is 0 Å². The molecule has 2 rings (SSSR count). The summed E-state index contributed by atoms with van der Waals surface area (Å²) in [6.45, 7) is 6.23. The van der Waals surface area contributed by atoms with E-state index in [2.05, 4.69) is 6.92 Å². The largest absolute Gasteiger partial charge is 0.341 e. The van der Waals surface area contributed by atoms with E-state index in [0.717, 1.165) is 25.7 Å². The smallest absolute Gasteiger partial charge is 0.222 e. The first-order valence-electron chi connectivity index (χ1n) is 8.19. The van der Waals surface area contributed by atoms with Crippen molar-refractivity contribution >= 4 is 15.9 Å². The van der Waals surface area contributed by atoms with Gasteiger partial charge in [-0.25, -0.2) is 12.7 Å². The van der Waals surface area contributed by atoms with Crippen LogP contribution in [0.2, 0.25) is 0 Å². The quantitative estimate of drug-likeness (QED) is 0.793. The average Bonchev–Trinajstić information content (AvgIpc) is 2.70. The van der Waals surface area contributed by atoms with Crippen LogP contribution in [0.15, 0.2) is 0 Å². The van der Waals surface area contributed by atoms with Crippen molar-refractivity contribution in [1.82, 2.24) is 9.21 Å². The van der Waals surface area contributed by atoms with Crippen LogP contribution in [0, 0.1) is 11.8 Å². The molecule has 1 aliphatic heterocycles. The molecule has 5 nitrogen and oxygen atoms in total. The minimum Gasteiger partial charge on any atom is -0.341 e. The van der Waals surface area contributed by atoms with E-state index >= 15 is 0 Å². The van der Waals surface area contributed by atoms with Crippen LogP contribution >= 0.6 is 0 Å². The lowest BCUT2D eigenvalue weighted by molar-refractivity contribution is -0.130. The summed E-state index contributed by atoms with van der Waals surface area (Å²) in [4.78, 5) is 13.6. The molecule has 1 amide bonds. The van der Waals surface area contributed by atoms with Gasteiger partial charge in [0, 0.05) is 32.6 Å². The molecule has 2 atom stereocenters. The van der Waals surface area contributed by atoms with Crippen LogP contribution in [0.4, 0.5) is 0 Å². The summed E-state index contributed by atoms with van der Waals surface area (Å²) in [6.07, 6.45) is 4.57. The highest BCUT2D eigenvalue weighted by Gasteiger charge is 2.32. The molecule has 1 aliphatic carbocycles. The van der Waals surface area contributed by atoms with Crippen LogP contribution < -0.4 is 0 Å². The van der Waals surface area contributed by atoms with Gasteiger partial charge in [-0.2, -0.15) is 0 Å². The Bertz CT molecular complexity index is 464. The molecule has 0 aromatic carbocycles. The standard InChI is InChI=1S/C15H28N2O3S/c1-3-15(18)16-8-5-9-17(11-10-16)21(19,20)12-14-7-4-6-13(14)2/h13-14H,3-12H2,1-2H3/t13-,14+/m0/s1. The first-order valence-corrected chi connectivity index (χ1v) is 9.80. The molecule has 0 unspecified atom stereocenters. The lowest BCUT2D eigenvalue weighted by atomic mass is 10.0. The molecule has 0 spiro atoms. The Labute approximate surface area is 128 Å². The maximum Gasteiger partial charge on any atom is 0.222 e. The molecule has 1 saturated heterocycles. The van der Waals surface area contributed by atoms with Gasteiger partial charge in [-0.15, -0.1) is 0 Å². The maximum atomic E-state index is 12.6. The van der Waals surface area contributed by atoms with E-state index in [1.807, 2.05) is 6.92 Å². The molecule has 1 saturated carbocycles. The summed E-state index contributed by atoms with van der Waals surface area (Å²) in [6, 6.07) is 0. The van der Waals surface area contributed by atoms with Crippen LogP contribution in [0.25, 0.3) is 0 Å². The van der Waals surface area contributed by atoms with Gasteiger partial charge in [0.2, 0.25) is 15.9 Å². The van der Waals surface area contributed by atoms with Gasteiger partial charge in [0.25, 0.3) is 0 Å². The molecule has 1 heterocycles. The summed E-state index contributed by atoms with van der Waals surface area (Å²) in [5, 5.41) is 0. The third-order valence-electron chi connectivity index (χ3n) is 4.97. The van der Waals surface area contributed by atoms with E-state index < -0.39 is 10.0 Å². The Morgan fingerprint density at radius 1 is 1.10 bits per heavy atom. The Morgan fingerprint density at radius 2 is 1.86 bits per heavy atom. The van der Waals surface area contributed by atoms with Gasteiger partial charge in [-0.3, -0.25) is 4.79 Å². The van der Waals surface area contributed by atoms with E-state index in [9.17, 15) is 13.2 Å². The highest BCUT2D eigenvalue weighted by Crippen LogP contribution is 2.32. The molecular formula is C15H28N2O3S. The number of amides is 1. The molecule has 2 fully saturated rings. The van der Waals surface area contributed by atoms with Gasteiger partial charge in [0.1, 0.15) is 0 Å². The van der Waals surface area contributed by atoms with Crippen LogP contribution in [-0.2, 0) is 14.8 Å². The zero-order chi connectivity index (χ0) is 15.5. The third-order valence-corrected chi connectivity index (χ3v) is 6.97. The van der Waals surface area contributed by atoms with Crippen LogP contribution in [0.5, 0.6) is 0 Å². The Hall–Kier alpha value is -0.620. The molecule has 6 heteroatoms. The molecule has 0 aromatic heterocycles. The van der Waals surface area contributed by atoms with Gasteiger partial charge < -0.3 is 4.90 Å². The van der Waals surface area contributed by atoms with Gasteiger partial charge in [0.15, 0.2) is 0 Å². The highest BCUT2D eigenvalue weighted by molar-refractivity contribution is 7.89. The van der Waals surface area contributed by atoms with E-state index in [0.29, 0.717) is 44.4 Å². The molecule has 2 aliphatic rings. The summed E-state index contributed by atoms with van der Waals surface area (Å²) in [5.41, 5.74) is 0. The first-order chi connectivity index (χ1) is 9.94. The summed E-state index contributed by atoms with van der Waals surface area (Å²) >= 11 is 0. The Morgan fingerprint density at radius 3 is 2.48 bits per heavy atom. The topological polar surface area (TPSA) is 57.7 Å². The van der Waals surface area contributed by atoms with Crippen molar-refractivity contribution in [1.29, 1.82) is 0 Å². The predicted molar refractivity (Wildman–Crippen MR) is 83.4 cm³/mol. The Balaban J connectivity index is 1.95. The fourth-order valence-corrected chi connectivity index (χ4v) is 5.50. The van der Waals surface area contributed by atoms with Crippen molar-refractivity contribution in [2.45, 2.75) is 46.0 Å². The van der Waals surface area contributed by atoms with Crippen molar-refractivity contribution in [3.63, 3.8) is 0 Å². The van der Waals surface area contributed by atoms with E-state index in [-0.39, 0.29) is 11.7 Å². The van der Waals surface area contributed by atoms with Crippen LogP contribution in [0.3, 0.4) is 0 Å². The molecule has 0 bridgehead atoms. The second-order valence-electron chi connectivity index (χ2n) is 6.43. The lowest BCUT2D eigenvalue weighted by Crippen LogP contribution is -2.39. The zero-order valence-corrected chi connectivity index (χ0v) is 14.1. The SMILES string of the molecule is CCC(=O)N1CCCN(S(=O)(=O)C[C@H]2CCC[C@@H]2C)CC1. The fraction of sp³-hybridized carbons (Fsp3) is 0.933. The summed E-state index contributed by atoms with van der Waals surface area (Å²) in [7, 11) is -3.18. The minimum absolute atomic E-state index is 0.124. The van der Waals surface area contributed by atoms with Crippen LogP contribution in [-0.4, -0.2) is 55.5 Å². The van der Waals surface area contributed by atoms with Crippen LogP contribution in [0.1, 0.15) is 46.0 Å². The van der Waals surface area contributed by atoms with Gasteiger partial charge in [0.05, 0.1) is 5.75 Å². The molecule has 0 radical (unpaired) electrons. The predicted octanol–water partition coefficient (Wildman–Crippen LogP) is 1.70. The second kappa shape index (κ2) is 7.09. The number of carbonyl (C=O) groups is 1. The van der Waals surface area contributed by atoms with Crippen molar-refractivity contribution in [2.24, 2.45) is 11.8 Å². The minimum atomic E-state index is -3.18. The second-order valence-corrected chi connectivity index (χ2v) is 8.45. The number of sulfonamides is 1. The number of hydrogen-bond donors (Lipinski definition) is 0. The monoisotopic (exact) mass is 316 g/mol. The van der Waals surface area contributed by atoms with Crippen molar-refractivity contribution in [2.75, 3.05) is 31.9 Å². The molecule has 21 heavy (non-hydrogen) atoms. The van der Waals surface area contributed by atoms with E-state index in [1.165, 1.54) is 0 Å². The Kier molecular flexibility index (Phi) is 5.66. The van der Waals surface area contributed by atoms with E-state index in [1.54, 1.807) is 9.21 Å². The van der Waals surface area contributed by atoms with Gasteiger partial charge >= 0.3 is 0 Å². The average molecular weight is 316 g/mol. The number of rotatable bonds is 4.